The molecule has 0 unspecified atom stereocenters. The number of carbonyl (C=O) groups excluding carboxylic acids is 2. The van der Waals surface area contributed by atoms with Gasteiger partial charge in [-0.05, 0) is 50.2 Å². The number of nitrogens with one attached hydrogen (secondary N) is 1. The summed E-state index contributed by atoms with van der Waals surface area (Å²) in [6.45, 7) is 2.52. The Bertz CT molecular complexity index is 891. The van der Waals surface area contributed by atoms with Crippen LogP contribution in [0.5, 0.6) is 0 Å². The number of aliphatic hydroxyl groups is 1. The number of rotatable bonds is 5. The van der Waals surface area contributed by atoms with Crippen LogP contribution in [0.4, 0.5) is 10.5 Å². The van der Waals surface area contributed by atoms with Crippen LogP contribution in [0.3, 0.4) is 0 Å². The fourth-order valence-electron chi connectivity index (χ4n) is 6.29. The van der Waals surface area contributed by atoms with Gasteiger partial charge in [-0.15, -0.1) is 0 Å². The first-order chi connectivity index (χ1) is 16.4. The molecule has 3 fully saturated rings. The quantitative estimate of drug-likeness (QED) is 0.374. The van der Waals surface area contributed by atoms with Gasteiger partial charge in [-0.25, -0.2) is 10.3 Å². The van der Waals surface area contributed by atoms with Crippen molar-refractivity contribution in [2.45, 2.75) is 37.6 Å². The topological polar surface area (TPSA) is 134 Å². The van der Waals surface area contributed by atoms with E-state index in [0.717, 1.165) is 5.69 Å². The normalized spacial score (nSPS) is 29.7. The van der Waals surface area contributed by atoms with Gasteiger partial charge in [0.15, 0.2) is 0 Å². The summed E-state index contributed by atoms with van der Waals surface area (Å²) in [7, 11) is 0. The summed E-state index contributed by atoms with van der Waals surface area (Å²) in [4.78, 5) is 43.3. The van der Waals surface area contributed by atoms with Gasteiger partial charge < -0.3 is 24.9 Å². The molecule has 2 saturated heterocycles. The van der Waals surface area contributed by atoms with Crippen molar-refractivity contribution in [3.8, 4) is 0 Å². The van der Waals surface area contributed by atoms with Crippen molar-refractivity contribution >= 4 is 23.6 Å². The molecule has 1 saturated carbocycles. The molecule has 1 aliphatic carbocycles. The van der Waals surface area contributed by atoms with Crippen LogP contribution in [0.25, 0.3) is 0 Å². The molecule has 34 heavy (non-hydrogen) atoms. The number of carboxylic acid groups (broad SMARTS) is 1. The van der Waals surface area contributed by atoms with E-state index in [2.05, 4.69) is 4.90 Å². The van der Waals surface area contributed by atoms with Crippen molar-refractivity contribution in [3.05, 3.63) is 30.3 Å². The lowest BCUT2D eigenvalue weighted by molar-refractivity contribution is -0.149. The van der Waals surface area contributed by atoms with Crippen LogP contribution in [0, 0.1) is 17.8 Å². The Balaban J connectivity index is 1.46. The molecule has 3 aliphatic rings. The Hall–Kier alpha value is -2.85. The van der Waals surface area contributed by atoms with Crippen LogP contribution >= 0.6 is 0 Å². The number of nitrogens with zero attached hydrogens (tertiary/aromatic N) is 3. The standard InChI is InChI=1S/C24H34N4O6/c29-16-24(9-4-10-28(24)23(32)33)17-7-8-19(20(15-17)21(30)25-34)22(31)27-13-11-26(12-14-27)18-5-2-1-3-6-18/h1-3,5-6,17,19-20,29,34H,4,7-16H2,(H,25,30)(H,32,33)/t17-,19+,20+,24-/m1/s1. The zero-order valence-corrected chi connectivity index (χ0v) is 19.3. The molecule has 10 heteroatoms. The Morgan fingerprint density at radius 3 is 2.32 bits per heavy atom. The summed E-state index contributed by atoms with van der Waals surface area (Å²) in [6, 6.07) is 10.0. The Kier molecular flexibility index (Phi) is 7.27. The third kappa shape index (κ3) is 4.44. The van der Waals surface area contributed by atoms with Crippen molar-refractivity contribution in [2.24, 2.45) is 17.8 Å². The van der Waals surface area contributed by atoms with Crippen LogP contribution in [0.1, 0.15) is 32.1 Å². The van der Waals surface area contributed by atoms with Gasteiger partial charge in [0.05, 0.1) is 18.1 Å². The maximum atomic E-state index is 13.5. The second-order valence-corrected chi connectivity index (χ2v) is 9.65. The summed E-state index contributed by atoms with van der Waals surface area (Å²) >= 11 is 0. The number of para-hydroxylation sites is 1. The number of piperazine rings is 1. The van der Waals surface area contributed by atoms with Crippen molar-refractivity contribution in [1.29, 1.82) is 0 Å². The molecule has 2 aliphatic heterocycles. The number of hydroxylamine groups is 1. The zero-order chi connectivity index (χ0) is 24.3. The Morgan fingerprint density at radius 2 is 1.71 bits per heavy atom. The number of aliphatic hydroxyl groups excluding tert-OH is 1. The van der Waals surface area contributed by atoms with Crippen LogP contribution < -0.4 is 10.4 Å². The van der Waals surface area contributed by atoms with Gasteiger partial charge in [-0.1, -0.05) is 18.2 Å². The second kappa shape index (κ2) is 10.2. The third-order valence-electron chi connectivity index (χ3n) is 8.12. The Labute approximate surface area is 199 Å². The van der Waals surface area contributed by atoms with Crippen molar-refractivity contribution < 1.29 is 29.8 Å². The first-order valence-electron chi connectivity index (χ1n) is 12.1. The van der Waals surface area contributed by atoms with Crippen molar-refractivity contribution in [1.82, 2.24) is 15.3 Å². The maximum absolute atomic E-state index is 13.5. The van der Waals surface area contributed by atoms with Gasteiger partial charge >= 0.3 is 6.09 Å². The van der Waals surface area contributed by atoms with Gasteiger partial charge in [-0.3, -0.25) is 14.8 Å². The molecule has 0 bridgehead atoms. The predicted molar refractivity (Wildman–Crippen MR) is 123 cm³/mol. The van der Waals surface area contributed by atoms with Gasteiger partial charge in [0, 0.05) is 44.3 Å². The minimum atomic E-state index is -1.08. The molecule has 10 nitrogen and oxygen atoms in total. The van der Waals surface area contributed by atoms with E-state index in [9.17, 15) is 29.8 Å². The van der Waals surface area contributed by atoms with E-state index in [1.54, 1.807) is 10.4 Å². The minimum Gasteiger partial charge on any atom is -0.465 e. The first-order valence-corrected chi connectivity index (χ1v) is 12.1. The van der Waals surface area contributed by atoms with Crippen LogP contribution in [-0.4, -0.2) is 88.0 Å². The largest absolute Gasteiger partial charge is 0.465 e. The van der Waals surface area contributed by atoms with E-state index < -0.39 is 29.4 Å². The average molecular weight is 475 g/mol. The summed E-state index contributed by atoms with van der Waals surface area (Å²) in [5.41, 5.74) is 1.88. The van der Waals surface area contributed by atoms with E-state index in [1.807, 2.05) is 30.3 Å². The summed E-state index contributed by atoms with van der Waals surface area (Å²) < 4.78 is 0. The van der Waals surface area contributed by atoms with E-state index in [1.165, 1.54) is 4.90 Å². The average Bonchev–Trinajstić information content (AvgIpc) is 3.34. The molecule has 186 valence electrons. The molecule has 3 amide bonds. The van der Waals surface area contributed by atoms with E-state index >= 15 is 0 Å². The number of likely N-dealkylation sites (tertiary alicyclic amines) is 1. The molecule has 0 radical (unpaired) electrons. The van der Waals surface area contributed by atoms with Crippen LogP contribution in [-0.2, 0) is 9.59 Å². The molecular weight excluding hydrogens is 440 g/mol. The SMILES string of the molecule is O=C(NO)[C@H]1C[C@H]([C@]2(CO)CCCN2C(=O)O)CC[C@@H]1C(=O)N1CCN(c2ccccc2)CC1. The molecule has 2 heterocycles. The van der Waals surface area contributed by atoms with E-state index in [-0.39, 0.29) is 24.9 Å². The number of anilines is 1. The zero-order valence-electron chi connectivity index (χ0n) is 19.3. The molecular formula is C24H34N4O6. The molecule has 4 N–H and O–H groups in total. The van der Waals surface area contributed by atoms with Gasteiger partial charge in [0.1, 0.15) is 0 Å². The van der Waals surface area contributed by atoms with Crippen LogP contribution in [0.2, 0.25) is 0 Å². The molecule has 4 atom stereocenters. The summed E-state index contributed by atoms with van der Waals surface area (Å²) in [5.74, 6) is -2.35. The number of hydrogen-bond acceptors (Lipinski definition) is 6. The summed E-state index contributed by atoms with van der Waals surface area (Å²) in [6.07, 6.45) is 1.29. The molecule has 4 rings (SSSR count). The fourth-order valence-corrected chi connectivity index (χ4v) is 6.29. The van der Waals surface area contributed by atoms with Crippen molar-refractivity contribution in [2.75, 3.05) is 44.2 Å². The van der Waals surface area contributed by atoms with Gasteiger partial charge in [0.2, 0.25) is 11.8 Å². The maximum Gasteiger partial charge on any atom is 0.407 e. The highest BCUT2D eigenvalue weighted by Crippen LogP contribution is 2.46. The third-order valence-corrected chi connectivity index (χ3v) is 8.12. The molecule has 0 spiro atoms. The lowest BCUT2D eigenvalue weighted by Gasteiger charge is -2.47. The number of hydrogen-bond donors (Lipinski definition) is 4. The van der Waals surface area contributed by atoms with Crippen LogP contribution in [0.15, 0.2) is 30.3 Å². The lowest BCUT2D eigenvalue weighted by atomic mass is 9.65. The highest BCUT2D eigenvalue weighted by atomic mass is 16.5. The fraction of sp³-hybridized carbons (Fsp3) is 0.625. The van der Waals surface area contributed by atoms with Gasteiger partial charge in [-0.2, -0.15) is 0 Å². The van der Waals surface area contributed by atoms with Gasteiger partial charge in [0.25, 0.3) is 0 Å². The minimum absolute atomic E-state index is 0.0978. The van der Waals surface area contributed by atoms with Crippen molar-refractivity contribution in [3.63, 3.8) is 0 Å². The molecule has 1 aromatic rings. The molecule has 1 aromatic carbocycles. The monoisotopic (exact) mass is 474 g/mol. The predicted octanol–water partition coefficient (Wildman–Crippen LogP) is 1.38. The number of carbonyl (C=O) groups is 3. The number of benzene rings is 1. The highest BCUT2D eigenvalue weighted by Gasteiger charge is 2.53. The highest BCUT2D eigenvalue weighted by molar-refractivity contribution is 5.87. The molecule has 0 aromatic heterocycles. The Morgan fingerprint density at radius 1 is 1.00 bits per heavy atom. The number of amides is 3. The van der Waals surface area contributed by atoms with E-state index in [0.29, 0.717) is 58.4 Å². The second-order valence-electron chi connectivity index (χ2n) is 9.65. The first kappa shape index (κ1) is 24.3. The lowest BCUT2D eigenvalue weighted by Crippen LogP contribution is -2.58. The summed E-state index contributed by atoms with van der Waals surface area (Å²) in [5, 5.41) is 29.3. The van der Waals surface area contributed by atoms with E-state index in [4.69, 9.17) is 0 Å². The smallest absolute Gasteiger partial charge is 0.407 e.